The van der Waals surface area contributed by atoms with Crippen molar-refractivity contribution in [1.82, 2.24) is 9.80 Å². The molecule has 2 nitrogen and oxygen atoms in total. The minimum absolute atomic E-state index is 0.388. The third-order valence-corrected chi connectivity index (χ3v) is 31.2. The van der Waals surface area contributed by atoms with Gasteiger partial charge in [-0.3, -0.25) is 9.80 Å². The molecule has 2 heterocycles. The Bertz CT molecular complexity index is 2010. The van der Waals surface area contributed by atoms with Crippen LogP contribution in [0.3, 0.4) is 0 Å². The minimum atomic E-state index is 0.388. The molecule has 79 heavy (non-hydrogen) atoms. The molecule has 14 fully saturated rings. The standard InChI is InChI=1S/C76H129BN2/c1-74(2,3)58-39-55-25-26-56-40-59(75(4,5)6)45-64-63(42-57(41-58)71(55)72(56)64)54-31-37-65-68(44-54)79(62-35-29-52(30-36-62)49-21-15-11-16-22-49)70-47-60(76(7,8)9)46-69-73(70)77(65)66-43-53(50-23-17-12-18-24-50)32-38-67(66)78(69)61-33-27-51(28-34-61)48-19-13-10-14-20-48/h48-73H,10-47H2,1-9H3. The molecule has 0 amide bonds. The van der Waals surface area contributed by atoms with E-state index in [2.05, 4.69) is 72.1 Å². The van der Waals surface area contributed by atoms with Crippen LogP contribution in [0.15, 0.2) is 0 Å². The van der Waals surface area contributed by atoms with Gasteiger partial charge in [0.2, 0.25) is 0 Å². The van der Waals surface area contributed by atoms with E-state index in [0.717, 1.165) is 161 Å². The van der Waals surface area contributed by atoms with Crippen LogP contribution in [-0.2, 0) is 0 Å². The first-order valence-corrected chi connectivity index (χ1v) is 37.6. The zero-order valence-corrected chi connectivity index (χ0v) is 53.9. The second-order valence-electron chi connectivity index (χ2n) is 37.3. The van der Waals surface area contributed by atoms with E-state index in [1.165, 1.54) is 44.9 Å². The van der Waals surface area contributed by atoms with E-state index < -0.39 is 0 Å². The van der Waals surface area contributed by atoms with Crippen molar-refractivity contribution in [3.63, 3.8) is 0 Å². The van der Waals surface area contributed by atoms with Crippen LogP contribution in [0.1, 0.15) is 306 Å². The zero-order chi connectivity index (χ0) is 54.1. The lowest BCUT2D eigenvalue weighted by molar-refractivity contribution is -0.155. The van der Waals surface area contributed by atoms with Gasteiger partial charge in [0, 0.05) is 36.3 Å². The monoisotopic (exact) mass is 1080 g/mol. The van der Waals surface area contributed by atoms with Gasteiger partial charge in [0.05, 0.1) is 0 Å². The molecule has 2 saturated heterocycles. The molecule has 0 bridgehead atoms. The highest BCUT2D eigenvalue weighted by Gasteiger charge is 2.68. The van der Waals surface area contributed by atoms with E-state index in [4.69, 9.17) is 0 Å². The van der Waals surface area contributed by atoms with Gasteiger partial charge < -0.3 is 0 Å². The maximum absolute atomic E-state index is 3.69. The quantitative estimate of drug-likeness (QED) is 0.245. The fourth-order valence-electron chi connectivity index (χ4n) is 27.4. The second kappa shape index (κ2) is 22.6. The SMILES string of the molecule is CC(C)(C)C1CC2CCC3CC(C(C)(C)C)CC4C(C5CCC6B7C8CC(C9CCCCC9)CCC8N(C8CCC(C9CCCCC9)CC8)C8CC(C(C)(C)C)CC(C78)N(C7CCC(C8CCCCC8)CC7)C6C5)CC(C1)C2C34. The molecular weight excluding hydrogens is 952 g/mol. The summed E-state index contributed by atoms with van der Waals surface area (Å²) in [5, 5.41) is 0. The summed E-state index contributed by atoms with van der Waals surface area (Å²) < 4.78 is 0. The Balaban J connectivity index is 0.842. The van der Waals surface area contributed by atoms with E-state index in [1.54, 1.807) is 199 Å². The summed E-state index contributed by atoms with van der Waals surface area (Å²) in [6.07, 6.45) is 59.6. The van der Waals surface area contributed by atoms with Crippen LogP contribution in [0.5, 0.6) is 0 Å². The second-order valence-corrected chi connectivity index (χ2v) is 37.3. The Morgan fingerprint density at radius 3 is 1.22 bits per heavy atom. The number of fused-ring (bicyclic) bond motifs is 4. The molecule has 0 aromatic heterocycles. The molecule has 19 atom stereocenters. The van der Waals surface area contributed by atoms with Gasteiger partial charge in [-0.2, -0.15) is 0 Å². The normalized spacial score (nSPS) is 49.0. The van der Waals surface area contributed by atoms with Crippen LogP contribution < -0.4 is 0 Å². The summed E-state index contributed by atoms with van der Waals surface area (Å²) in [4.78, 5) is 7.30. The van der Waals surface area contributed by atoms with Crippen LogP contribution in [-0.4, -0.2) is 52.8 Å². The lowest BCUT2D eigenvalue weighted by atomic mass is 9.18. The number of nitrogens with zero attached hydrogens (tertiary/aromatic N) is 2. The average molecular weight is 1080 g/mol. The molecule has 0 N–H and O–H groups in total. The molecule has 2 aliphatic heterocycles. The maximum atomic E-state index is 3.69. The summed E-state index contributed by atoms with van der Waals surface area (Å²) in [5.74, 6) is 20.2. The lowest BCUT2D eigenvalue weighted by Gasteiger charge is -2.71. The van der Waals surface area contributed by atoms with E-state index in [0.29, 0.717) is 16.2 Å². The maximum Gasteiger partial charge on any atom is 0.156 e. The summed E-state index contributed by atoms with van der Waals surface area (Å²) in [6.45, 7) is 25.2. The average Bonchev–Trinajstić information content (AvgIpc) is 3.21. The Hall–Kier alpha value is -0.0151. The van der Waals surface area contributed by atoms with Gasteiger partial charge in [-0.1, -0.05) is 178 Å². The first kappa shape index (κ1) is 56.8. The van der Waals surface area contributed by atoms with Crippen LogP contribution in [0, 0.1) is 117 Å². The molecule has 14 rings (SSSR count). The highest BCUT2D eigenvalue weighted by atomic mass is 15.3. The first-order chi connectivity index (χ1) is 38.0. The van der Waals surface area contributed by atoms with Gasteiger partial charge in [0.15, 0.2) is 6.71 Å². The van der Waals surface area contributed by atoms with Crippen LogP contribution in [0.2, 0.25) is 17.5 Å². The molecule has 0 aromatic carbocycles. The van der Waals surface area contributed by atoms with Crippen molar-refractivity contribution in [2.24, 2.45) is 117 Å². The largest absolute Gasteiger partial charge is 0.295 e. The van der Waals surface area contributed by atoms with E-state index >= 15 is 0 Å². The Kier molecular flexibility index (Phi) is 16.2. The Morgan fingerprint density at radius 1 is 0.266 bits per heavy atom. The highest BCUT2D eigenvalue weighted by Crippen LogP contribution is 2.70. The van der Waals surface area contributed by atoms with Crippen molar-refractivity contribution in [2.75, 3.05) is 0 Å². The van der Waals surface area contributed by atoms with Gasteiger partial charge in [-0.05, 0) is 263 Å². The van der Waals surface area contributed by atoms with E-state index in [9.17, 15) is 0 Å². The third kappa shape index (κ3) is 10.7. The molecule has 12 aliphatic carbocycles. The van der Waals surface area contributed by atoms with Gasteiger partial charge in [-0.25, -0.2) is 0 Å². The molecule has 3 heteroatoms. The Morgan fingerprint density at radius 2 is 0.684 bits per heavy atom. The Labute approximate surface area is 490 Å². The van der Waals surface area contributed by atoms with Crippen LogP contribution in [0.4, 0.5) is 0 Å². The summed E-state index contributed by atoms with van der Waals surface area (Å²) >= 11 is 0. The summed E-state index contributed by atoms with van der Waals surface area (Å²) in [6, 6.07) is 5.19. The number of hydrogen-bond donors (Lipinski definition) is 0. The van der Waals surface area contributed by atoms with Crippen molar-refractivity contribution in [3.8, 4) is 0 Å². The van der Waals surface area contributed by atoms with Gasteiger partial charge >= 0.3 is 0 Å². The smallest absolute Gasteiger partial charge is 0.156 e. The molecule has 0 radical (unpaired) electrons. The molecule has 14 aliphatic rings. The van der Waals surface area contributed by atoms with Gasteiger partial charge in [0.1, 0.15) is 0 Å². The fraction of sp³-hybridized carbons (Fsp3) is 1.00. The fourth-order valence-corrected chi connectivity index (χ4v) is 27.4. The van der Waals surface area contributed by atoms with Crippen LogP contribution >= 0.6 is 0 Å². The molecule has 0 aromatic rings. The highest BCUT2D eigenvalue weighted by molar-refractivity contribution is 6.65. The molecule has 19 unspecified atom stereocenters. The number of hydrogen-bond acceptors (Lipinski definition) is 2. The molecular formula is C76H129BN2. The van der Waals surface area contributed by atoms with Crippen molar-refractivity contribution in [2.45, 2.75) is 360 Å². The van der Waals surface area contributed by atoms with E-state index in [-0.39, 0.29) is 0 Å². The predicted molar refractivity (Wildman–Crippen MR) is 337 cm³/mol. The van der Waals surface area contributed by atoms with Gasteiger partial charge in [-0.15, -0.1) is 0 Å². The molecule has 12 saturated carbocycles. The lowest BCUT2D eigenvalue weighted by Crippen LogP contribution is -2.75. The van der Waals surface area contributed by atoms with E-state index in [1.807, 2.05) is 0 Å². The number of rotatable bonds is 6. The first-order valence-electron chi connectivity index (χ1n) is 37.6. The third-order valence-electron chi connectivity index (χ3n) is 31.2. The molecule has 446 valence electrons. The van der Waals surface area contributed by atoms with Crippen molar-refractivity contribution in [3.05, 3.63) is 0 Å². The zero-order valence-electron chi connectivity index (χ0n) is 53.9. The minimum Gasteiger partial charge on any atom is -0.295 e. The van der Waals surface area contributed by atoms with Crippen LogP contribution in [0.25, 0.3) is 0 Å². The van der Waals surface area contributed by atoms with Crippen molar-refractivity contribution >= 4 is 6.71 Å². The van der Waals surface area contributed by atoms with Crippen molar-refractivity contribution < 1.29 is 0 Å². The van der Waals surface area contributed by atoms with Crippen molar-refractivity contribution in [1.29, 1.82) is 0 Å². The summed E-state index contributed by atoms with van der Waals surface area (Å²) in [7, 11) is 0. The topological polar surface area (TPSA) is 6.48 Å². The molecule has 0 spiro atoms. The summed E-state index contributed by atoms with van der Waals surface area (Å²) in [5.41, 5.74) is 1.30. The van der Waals surface area contributed by atoms with Gasteiger partial charge in [0.25, 0.3) is 0 Å². The predicted octanol–water partition coefficient (Wildman–Crippen LogP) is 21.0.